The first-order valence-corrected chi connectivity index (χ1v) is 7.90. The highest BCUT2D eigenvalue weighted by atomic mass is 32.1. The number of amides is 1. The van der Waals surface area contributed by atoms with Crippen molar-refractivity contribution in [1.29, 1.82) is 0 Å². The average Bonchev–Trinajstić information content (AvgIpc) is 3.11. The number of rotatable bonds is 2. The first-order valence-electron chi connectivity index (χ1n) is 6.20. The SMILES string of the molecule is NCC#Cc1cnc(NC(=O)c2csc3ccccc23)s1. The molecule has 3 N–H and O–H groups in total. The topological polar surface area (TPSA) is 68.0 Å². The zero-order valence-corrected chi connectivity index (χ0v) is 12.6. The molecule has 0 radical (unpaired) electrons. The first-order chi connectivity index (χ1) is 10.3. The summed E-state index contributed by atoms with van der Waals surface area (Å²) >= 11 is 2.89. The average molecular weight is 313 g/mol. The number of hydrogen-bond donors (Lipinski definition) is 2. The third-order valence-electron chi connectivity index (χ3n) is 2.77. The molecule has 104 valence electrons. The van der Waals surface area contributed by atoms with Gasteiger partial charge in [0.2, 0.25) is 0 Å². The lowest BCUT2D eigenvalue weighted by Crippen LogP contribution is -2.10. The fraction of sp³-hybridized carbons (Fsp3) is 0.0667. The molecule has 0 atom stereocenters. The van der Waals surface area contributed by atoms with Gasteiger partial charge in [0.1, 0.15) is 0 Å². The van der Waals surface area contributed by atoms with Crippen molar-refractivity contribution < 1.29 is 4.79 Å². The number of carbonyl (C=O) groups excluding carboxylic acids is 1. The number of hydrogen-bond acceptors (Lipinski definition) is 5. The normalized spacial score (nSPS) is 10.1. The summed E-state index contributed by atoms with van der Waals surface area (Å²) in [5.41, 5.74) is 5.99. The molecule has 1 aromatic carbocycles. The molecule has 2 heterocycles. The second-order valence-electron chi connectivity index (χ2n) is 4.14. The second-order valence-corrected chi connectivity index (χ2v) is 6.08. The Bertz CT molecular complexity index is 854. The van der Waals surface area contributed by atoms with E-state index in [0.717, 1.165) is 15.0 Å². The standard InChI is InChI=1S/C15H11N3OS2/c16-7-3-4-10-8-17-15(21-10)18-14(19)12-9-20-13-6-2-1-5-11(12)13/h1-2,5-6,8-9H,7,16H2,(H,17,18,19). The van der Waals surface area contributed by atoms with Gasteiger partial charge in [-0.2, -0.15) is 0 Å². The molecule has 0 bridgehead atoms. The van der Waals surface area contributed by atoms with Crippen LogP contribution in [0.15, 0.2) is 35.8 Å². The van der Waals surface area contributed by atoms with Gasteiger partial charge in [-0.25, -0.2) is 4.98 Å². The Hall–Kier alpha value is -2.20. The molecular weight excluding hydrogens is 302 g/mol. The van der Waals surface area contributed by atoms with Crippen LogP contribution >= 0.6 is 22.7 Å². The molecule has 1 amide bonds. The van der Waals surface area contributed by atoms with E-state index in [1.165, 1.54) is 11.3 Å². The highest BCUT2D eigenvalue weighted by molar-refractivity contribution is 7.17. The molecule has 0 spiro atoms. The highest BCUT2D eigenvalue weighted by Crippen LogP contribution is 2.27. The Labute approximate surface area is 129 Å². The van der Waals surface area contributed by atoms with E-state index in [2.05, 4.69) is 22.1 Å². The van der Waals surface area contributed by atoms with Crippen LogP contribution in [0.25, 0.3) is 10.1 Å². The predicted molar refractivity (Wildman–Crippen MR) is 87.8 cm³/mol. The van der Waals surface area contributed by atoms with Crippen LogP contribution in [0.1, 0.15) is 15.2 Å². The van der Waals surface area contributed by atoms with Crippen LogP contribution in [0.4, 0.5) is 5.13 Å². The molecule has 3 rings (SSSR count). The van der Waals surface area contributed by atoms with E-state index in [0.29, 0.717) is 17.2 Å². The summed E-state index contributed by atoms with van der Waals surface area (Å²) < 4.78 is 1.09. The van der Waals surface area contributed by atoms with Crippen molar-refractivity contribution in [2.45, 2.75) is 0 Å². The van der Waals surface area contributed by atoms with Crippen LogP contribution < -0.4 is 11.1 Å². The molecule has 21 heavy (non-hydrogen) atoms. The van der Waals surface area contributed by atoms with Gasteiger partial charge in [-0.3, -0.25) is 10.1 Å². The lowest BCUT2D eigenvalue weighted by molar-refractivity contribution is 0.102. The third-order valence-corrected chi connectivity index (χ3v) is 4.56. The maximum Gasteiger partial charge on any atom is 0.258 e. The van der Waals surface area contributed by atoms with Gasteiger partial charge >= 0.3 is 0 Å². The van der Waals surface area contributed by atoms with Crippen molar-refractivity contribution in [2.24, 2.45) is 5.73 Å². The Kier molecular flexibility index (Phi) is 3.97. The minimum atomic E-state index is -0.153. The van der Waals surface area contributed by atoms with Crippen LogP contribution in [-0.4, -0.2) is 17.4 Å². The van der Waals surface area contributed by atoms with E-state index in [9.17, 15) is 4.79 Å². The largest absolute Gasteiger partial charge is 0.320 e. The van der Waals surface area contributed by atoms with Gasteiger partial charge in [0, 0.05) is 15.5 Å². The van der Waals surface area contributed by atoms with Crippen molar-refractivity contribution >= 4 is 43.8 Å². The smallest absolute Gasteiger partial charge is 0.258 e. The summed E-state index contributed by atoms with van der Waals surface area (Å²) in [6.45, 7) is 0.306. The molecule has 6 heteroatoms. The van der Waals surface area contributed by atoms with Crippen molar-refractivity contribution in [3.63, 3.8) is 0 Å². The summed E-state index contributed by atoms with van der Waals surface area (Å²) in [5, 5.41) is 6.17. The second kappa shape index (κ2) is 6.06. The maximum atomic E-state index is 12.3. The minimum absolute atomic E-state index is 0.153. The highest BCUT2D eigenvalue weighted by Gasteiger charge is 2.13. The predicted octanol–water partition coefficient (Wildman–Crippen LogP) is 2.92. The fourth-order valence-corrected chi connectivity index (χ4v) is 3.47. The quantitative estimate of drug-likeness (QED) is 0.715. The van der Waals surface area contributed by atoms with Gasteiger partial charge in [0.05, 0.1) is 23.2 Å². The Morgan fingerprint density at radius 3 is 3.10 bits per heavy atom. The molecule has 3 aromatic rings. The van der Waals surface area contributed by atoms with Gasteiger partial charge < -0.3 is 5.73 Å². The molecule has 0 saturated carbocycles. The summed E-state index contributed by atoms with van der Waals surface area (Å²) in [5.74, 6) is 5.50. The molecule has 0 aliphatic carbocycles. The van der Waals surface area contributed by atoms with E-state index in [-0.39, 0.29) is 5.91 Å². The number of nitrogens with zero attached hydrogens (tertiary/aromatic N) is 1. The summed E-state index contributed by atoms with van der Waals surface area (Å²) in [6, 6.07) is 7.83. The van der Waals surface area contributed by atoms with Crippen molar-refractivity contribution in [3.8, 4) is 11.8 Å². The van der Waals surface area contributed by atoms with Crippen LogP contribution in [0, 0.1) is 11.8 Å². The first kappa shape index (κ1) is 13.8. The van der Waals surface area contributed by atoms with Crippen molar-refractivity contribution in [2.75, 3.05) is 11.9 Å². The van der Waals surface area contributed by atoms with E-state index < -0.39 is 0 Å². The molecule has 0 aliphatic heterocycles. The monoisotopic (exact) mass is 313 g/mol. The Morgan fingerprint density at radius 2 is 2.24 bits per heavy atom. The molecular formula is C15H11N3OS2. The van der Waals surface area contributed by atoms with Crippen molar-refractivity contribution in [3.05, 3.63) is 46.3 Å². The van der Waals surface area contributed by atoms with E-state index in [1.54, 1.807) is 17.5 Å². The van der Waals surface area contributed by atoms with Gasteiger partial charge in [0.25, 0.3) is 5.91 Å². The molecule has 0 aliphatic rings. The number of nitrogens with one attached hydrogen (secondary N) is 1. The van der Waals surface area contributed by atoms with Crippen LogP contribution in [0.2, 0.25) is 0 Å². The van der Waals surface area contributed by atoms with Gasteiger partial charge in [-0.05, 0) is 6.07 Å². The zero-order chi connectivity index (χ0) is 14.7. The molecule has 0 fully saturated rings. The van der Waals surface area contributed by atoms with Crippen LogP contribution in [0.5, 0.6) is 0 Å². The zero-order valence-electron chi connectivity index (χ0n) is 10.9. The summed E-state index contributed by atoms with van der Waals surface area (Å²) in [6.07, 6.45) is 1.63. The maximum absolute atomic E-state index is 12.3. The van der Waals surface area contributed by atoms with Crippen LogP contribution in [-0.2, 0) is 0 Å². The fourth-order valence-electron chi connectivity index (χ4n) is 1.85. The van der Waals surface area contributed by atoms with Gasteiger partial charge in [-0.15, -0.1) is 11.3 Å². The lowest BCUT2D eigenvalue weighted by Gasteiger charge is -1.99. The Morgan fingerprint density at radius 1 is 1.38 bits per heavy atom. The number of carbonyl (C=O) groups is 1. The van der Waals surface area contributed by atoms with Crippen LogP contribution in [0.3, 0.4) is 0 Å². The number of anilines is 1. The Balaban J connectivity index is 1.81. The number of thiazole rings is 1. The van der Waals surface area contributed by atoms with E-state index in [1.807, 2.05) is 29.6 Å². The van der Waals surface area contributed by atoms with Gasteiger partial charge in [0.15, 0.2) is 5.13 Å². The number of thiophene rings is 1. The molecule has 4 nitrogen and oxygen atoms in total. The number of benzene rings is 1. The minimum Gasteiger partial charge on any atom is -0.320 e. The lowest BCUT2D eigenvalue weighted by atomic mass is 10.2. The van der Waals surface area contributed by atoms with Gasteiger partial charge in [-0.1, -0.05) is 41.4 Å². The van der Waals surface area contributed by atoms with Crippen molar-refractivity contribution in [1.82, 2.24) is 4.98 Å². The van der Waals surface area contributed by atoms with E-state index in [4.69, 9.17) is 5.73 Å². The summed E-state index contributed by atoms with van der Waals surface area (Å²) in [4.78, 5) is 17.2. The molecule has 0 unspecified atom stereocenters. The molecule has 0 saturated heterocycles. The number of nitrogens with two attached hydrogens (primary N) is 1. The summed E-state index contributed by atoms with van der Waals surface area (Å²) in [7, 11) is 0. The van der Waals surface area contributed by atoms with E-state index >= 15 is 0 Å². The number of aromatic nitrogens is 1. The third kappa shape index (κ3) is 2.95. The molecule has 2 aromatic heterocycles. The number of fused-ring (bicyclic) bond motifs is 1.